The van der Waals surface area contributed by atoms with Crippen molar-refractivity contribution in [3.63, 3.8) is 0 Å². The van der Waals surface area contributed by atoms with Crippen molar-refractivity contribution < 1.29 is 4.79 Å². The molecule has 1 unspecified atom stereocenters. The molecule has 5 nitrogen and oxygen atoms in total. The van der Waals surface area contributed by atoms with Gasteiger partial charge in [-0.25, -0.2) is 0 Å². The van der Waals surface area contributed by atoms with Crippen LogP contribution in [0, 0.1) is 5.41 Å². The van der Waals surface area contributed by atoms with Crippen molar-refractivity contribution in [3.05, 3.63) is 35.9 Å². The largest absolute Gasteiger partial charge is 0.339 e. The van der Waals surface area contributed by atoms with E-state index in [1.807, 2.05) is 11.0 Å². The second kappa shape index (κ2) is 7.64. The summed E-state index contributed by atoms with van der Waals surface area (Å²) in [4.78, 5) is 19.3. The van der Waals surface area contributed by atoms with Crippen molar-refractivity contribution in [1.82, 2.24) is 14.7 Å². The lowest BCUT2D eigenvalue weighted by molar-refractivity contribution is -0.134. The Labute approximate surface area is 145 Å². The van der Waals surface area contributed by atoms with Gasteiger partial charge in [0.15, 0.2) is 0 Å². The minimum atomic E-state index is 0.189. The molecule has 1 aromatic rings. The Kier molecular flexibility index (Phi) is 5.54. The monoisotopic (exact) mass is 330 g/mol. The molecule has 2 saturated heterocycles. The van der Waals surface area contributed by atoms with Crippen molar-refractivity contribution in [2.75, 3.05) is 52.4 Å². The van der Waals surface area contributed by atoms with Gasteiger partial charge in [0.1, 0.15) is 0 Å². The molecule has 5 heteroatoms. The molecule has 24 heavy (non-hydrogen) atoms. The number of nitrogens with two attached hydrogens (primary N) is 1. The topological polar surface area (TPSA) is 52.8 Å². The lowest BCUT2D eigenvalue weighted by Crippen LogP contribution is -2.50. The average molecular weight is 330 g/mol. The molecule has 3 rings (SSSR count). The molecule has 0 bridgehead atoms. The van der Waals surface area contributed by atoms with E-state index in [0.717, 1.165) is 52.2 Å². The Balaban J connectivity index is 1.42. The van der Waals surface area contributed by atoms with Crippen molar-refractivity contribution in [2.45, 2.75) is 19.9 Å². The Hall–Kier alpha value is -1.43. The molecule has 2 aliphatic heterocycles. The smallest absolute Gasteiger partial charge is 0.236 e. The third-order valence-corrected chi connectivity index (χ3v) is 5.46. The zero-order valence-electron chi connectivity index (χ0n) is 14.8. The summed E-state index contributed by atoms with van der Waals surface area (Å²) in [5.74, 6) is 0.274. The lowest BCUT2D eigenvalue weighted by Gasteiger charge is -2.35. The highest BCUT2D eigenvalue weighted by Crippen LogP contribution is 2.28. The van der Waals surface area contributed by atoms with Gasteiger partial charge in [0.2, 0.25) is 5.91 Å². The molecule has 0 aromatic heterocycles. The molecule has 2 heterocycles. The highest BCUT2D eigenvalue weighted by atomic mass is 16.2. The summed E-state index contributed by atoms with van der Waals surface area (Å²) in [5.41, 5.74) is 7.39. The van der Waals surface area contributed by atoms with E-state index in [0.29, 0.717) is 13.1 Å². The van der Waals surface area contributed by atoms with Gasteiger partial charge in [0, 0.05) is 39.3 Å². The van der Waals surface area contributed by atoms with Gasteiger partial charge in [-0.1, -0.05) is 37.3 Å². The molecule has 0 radical (unpaired) electrons. The fraction of sp³-hybridized carbons (Fsp3) is 0.632. The van der Waals surface area contributed by atoms with Crippen LogP contribution in [0.4, 0.5) is 0 Å². The predicted molar refractivity (Wildman–Crippen MR) is 96.5 cm³/mol. The van der Waals surface area contributed by atoms with Crippen LogP contribution >= 0.6 is 0 Å². The number of carbonyl (C=O) groups is 1. The molecule has 1 amide bonds. The number of rotatable bonds is 5. The van der Waals surface area contributed by atoms with Crippen molar-refractivity contribution >= 4 is 5.91 Å². The first-order chi connectivity index (χ1) is 11.6. The standard InChI is InChI=1S/C19H30N4O/c1-19(15-20)7-8-22(16-19)14-18(24)23-11-9-21(10-12-23)13-17-5-3-2-4-6-17/h2-6H,7-16,20H2,1H3. The van der Waals surface area contributed by atoms with E-state index < -0.39 is 0 Å². The number of benzene rings is 1. The Morgan fingerprint density at radius 3 is 2.42 bits per heavy atom. The maximum Gasteiger partial charge on any atom is 0.236 e. The van der Waals surface area contributed by atoms with Crippen LogP contribution in [-0.2, 0) is 11.3 Å². The number of hydrogen-bond donors (Lipinski definition) is 1. The van der Waals surface area contributed by atoms with Gasteiger partial charge < -0.3 is 10.6 Å². The third kappa shape index (κ3) is 4.35. The lowest BCUT2D eigenvalue weighted by atomic mass is 9.90. The maximum absolute atomic E-state index is 12.6. The Bertz CT molecular complexity index is 542. The number of piperazine rings is 1. The molecule has 2 N–H and O–H groups in total. The molecule has 2 aliphatic rings. The normalized spacial score (nSPS) is 26.0. The van der Waals surface area contributed by atoms with Gasteiger partial charge in [-0.05, 0) is 30.5 Å². The van der Waals surface area contributed by atoms with E-state index in [4.69, 9.17) is 5.73 Å². The summed E-state index contributed by atoms with van der Waals surface area (Å²) in [6.07, 6.45) is 1.10. The fourth-order valence-corrected chi connectivity index (χ4v) is 3.72. The van der Waals surface area contributed by atoms with Crippen LogP contribution in [0.15, 0.2) is 30.3 Å². The number of likely N-dealkylation sites (tertiary alicyclic amines) is 1. The summed E-state index contributed by atoms with van der Waals surface area (Å²) < 4.78 is 0. The first-order valence-corrected chi connectivity index (χ1v) is 9.04. The number of hydrogen-bond acceptors (Lipinski definition) is 4. The first-order valence-electron chi connectivity index (χ1n) is 9.04. The highest BCUT2D eigenvalue weighted by Gasteiger charge is 2.34. The van der Waals surface area contributed by atoms with Crippen LogP contribution < -0.4 is 5.73 Å². The second-order valence-electron chi connectivity index (χ2n) is 7.62. The average Bonchev–Trinajstić information content (AvgIpc) is 2.98. The third-order valence-electron chi connectivity index (χ3n) is 5.46. The quantitative estimate of drug-likeness (QED) is 0.875. The summed E-state index contributed by atoms with van der Waals surface area (Å²) >= 11 is 0. The van der Waals surface area contributed by atoms with Crippen LogP contribution in [0.3, 0.4) is 0 Å². The van der Waals surface area contributed by atoms with E-state index in [-0.39, 0.29) is 11.3 Å². The van der Waals surface area contributed by atoms with E-state index in [1.54, 1.807) is 0 Å². The van der Waals surface area contributed by atoms with E-state index in [9.17, 15) is 4.79 Å². The van der Waals surface area contributed by atoms with Gasteiger partial charge in [-0.15, -0.1) is 0 Å². The van der Waals surface area contributed by atoms with Gasteiger partial charge in [0.05, 0.1) is 6.54 Å². The van der Waals surface area contributed by atoms with Crippen LogP contribution in [0.2, 0.25) is 0 Å². The van der Waals surface area contributed by atoms with Crippen molar-refractivity contribution in [1.29, 1.82) is 0 Å². The Morgan fingerprint density at radius 1 is 1.08 bits per heavy atom. The summed E-state index contributed by atoms with van der Waals surface area (Å²) in [5, 5.41) is 0. The zero-order valence-corrected chi connectivity index (χ0v) is 14.8. The highest BCUT2D eigenvalue weighted by molar-refractivity contribution is 5.78. The van der Waals surface area contributed by atoms with E-state index >= 15 is 0 Å². The van der Waals surface area contributed by atoms with Crippen LogP contribution in [0.5, 0.6) is 0 Å². The SMILES string of the molecule is CC1(CN)CCN(CC(=O)N2CCN(Cc3ccccc3)CC2)C1. The van der Waals surface area contributed by atoms with Gasteiger partial charge >= 0.3 is 0 Å². The molecular weight excluding hydrogens is 300 g/mol. The van der Waals surface area contributed by atoms with Crippen LogP contribution in [-0.4, -0.2) is 73.0 Å². The predicted octanol–water partition coefficient (Wildman–Crippen LogP) is 1.00. The van der Waals surface area contributed by atoms with Crippen molar-refractivity contribution in [2.24, 2.45) is 11.1 Å². The minimum absolute atomic E-state index is 0.189. The van der Waals surface area contributed by atoms with E-state index in [1.165, 1.54) is 5.56 Å². The maximum atomic E-state index is 12.6. The van der Waals surface area contributed by atoms with Gasteiger partial charge in [-0.2, -0.15) is 0 Å². The second-order valence-corrected chi connectivity index (χ2v) is 7.62. The van der Waals surface area contributed by atoms with Gasteiger partial charge in [0.25, 0.3) is 0 Å². The molecule has 132 valence electrons. The summed E-state index contributed by atoms with van der Waals surface area (Å²) in [6.45, 7) is 9.99. The summed E-state index contributed by atoms with van der Waals surface area (Å²) in [6, 6.07) is 10.5. The number of nitrogens with zero attached hydrogens (tertiary/aromatic N) is 3. The first kappa shape index (κ1) is 17.4. The molecular formula is C19H30N4O. The van der Waals surface area contributed by atoms with Crippen molar-refractivity contribution in [3.8, 4) is 0 Å². The molecule has 1 aromatic carbocycles. The molecule has 0 spiro atoms. The Morgan fingerprint density at radius 2 is 1.79 bits per heavy atom. The zero-order chi connectivity index (χ0) is 17.0. The summed E-state index contributed by atoms with van der Waals surface area (Å²) in [7, 11) is 0. The van der Waals surface area contributed by atoms with Crippen LogP contribution in [0.25, 0.3) is 0 Å². The number of amides is 1. The van der Waals surface area contributed by atoms with E-state index in [2.05, 4.69) is 41.0 Å². The molecule has 1 atom stereocenters. The van der Waals surface area contributed by atoms with Crippen LogP contribution in [0.1, 0.15) is 18.9 Å². The molecule has 2 fully saturated rings. The minimum Gasteiger partial charge on any atom is -0.339 e. The molecule has 0 aliphatic carbocycles. The molecule has 0 saturated carbocycles. The fourth-order valence-electron chi connectivity index (χ4n) is 3.72. The van der Waals surface area contributed by atoms with Gasteiger partial charge in [-0.3, -0.25) is 14.6 Å². The number of carbonyl (C=O) groups excluding carboxylic acids is 1.